The molecule has 2 aromatic rings. The van der Waals surface area contributed by atoms with Crippen LogP contribution in [0.4, 0.5) is 0 Å². The van der Waals surface area contributed by atoms with Crippen LogP contribution in [0.1, 0.15) is 5.56 Å². The number of hydrogen-bond donors (Lipinski definition) is 0. The van der Waals surface area contributed by atoms with Gasteiger partial charge in [-0.05, 0) is 35.9 Å². The first kappa shape index (κ1) is 15.9. The molecule has 0 radical (unpaired) electrons. The van der Waals surface area contributed by atoms with Crippen LogP contribution >= 0.6 is 11.6 Å². The first-order valence-electron chi connectivity index (χ1n) is 6.50. The number of esters is 1. The van der Waals surface area contributed by atoms with Gasteiger partial charge < -0.3 is 14.2 Å². The zero-order chi connectivity index (χ0) is 15.9. The van der Waals surface area contributed by atoms with Gasteiger partial charge in [-0.15, -0.1) is 0 Å². The fraction of sp³-hybridized carbons (Fsp3) is 0.118. The largest absolute Gasteiger partial charge is 0.493 e. The SMILES string of the molecule is COc1cccc(OC)c1OC(=O)/C=C/c1ccc(Cl)cc1. The van der Waals surface area contributed by atoms with Gasteiger partial charge in [0.15, 0.2) is 11.5 Å². The van der Waals surface area contributed by atoms with E-state index >= 15 is 0 Å². The van der Waals surface area contributed by atoms with Gasteiger partial charge in [-0.2, -0.15) is 0 Å². The average molecular weight is 319 g/mol. The zero-order valence-corrected chi connectivity index (χ0v) is 13.0. The molecule has 0 aliphatic rings. The Labute approximate surface area is 133 Å². The summed E-state index contributed by atoms with van der Waals surface area (Å²) in [4.78, 5) is 11.9. The van der Waals surface area contributed by atoms with Crippen LogP contribution in [-0.4, -0.2) is 20.2 Å². The van der Waals surface area contributed by atoms with Crippen molar-refractivity contribution in [2.24, 2.45) is 0 Å². The molecule has 2 rings (SSSR count). The number of carbonyl (C=O) groups excluding carboxylic acids is 1. The van der Waals surface area contributed by atoms with E-state index in [4.69, 9.17) is 25.8 Å². The lowest BCUT2D eigenvalue weighted by Crippen LogP contribution is -2.06. The molecule has 0 saturated carbocycles. The number of para-hydroxylation sites is 1. The minimum absolute atomic E-state index is 0.248. The Balaban J connectivity index is 2.13. The number of hydrogen-bond acceptors (Lipinski definition) is 4. The molecule has 0 aromatic heterocycles. The highest BCUT2D eigenvalue weighted by atomic mass is 35.5. The third-order valence-electron chi connectivity index (χ3n) is 2.87. The van der Waals surface area contributed by atoms with E-state index in [1.54, 1.807) is 48.5 Å². The van der Waals surface area contributed by atoms with Crippen molar-refractivity contribution >= 4 is 23.6 Å². The highest BCUT2D eigenvalue weighted by molar-refractivity contribution is 6.30. The van der Waals surface area contributed by atoms with Crippen LogP contribution in [0.15, 0.2) is 48.5 Å². The second kappa shape index (κ2) is 7.52. The summed E-state index contributed by atoms with van der Waals surface area (Å²) in [5.74, 6) is 0.566. The van der Waals surface area contributed by atoms with Crippen LogP contribution in [0.5, 0.6) is 17.2 Å². The van der Waals surface area contributed by atoms with E-state index in [2.05, 4.69) is 0 Å². The molecule has 5 heteroatoms. The van der Waals surface area contributed by atoms with Crippen LogP contribution in [-0.2, 0) is 4.79 Å². The van der Waals surface area contributed by atoms with E-state index in [1.165, 1.54) is 20.3 Å². The monoisotopic (exact) mass is 318 g/mol. The molecular weight excluding hydrogens is 304 g/mol. The summed E-state index contributed by atoms with van der Waals surface area (Å²) >= 11 is 5.80. The van der Waals surface area contributed by atoms with E-state index in [-0.39, 0.29) is 5.75 Å². The molecule has 0 N–H and O–H groups in total. The Hall–Kier alpha value is -2.46. The molecule has 0 aliphatic heterocycles. The van der Waals surface area contributed by atoms with Gasteiger partial charge in [0, 0.05) is 11.1 Å². The van der Waals surface area contributed by atoms with Crippen LogP contribution in [0.25, 0.3) is 6.08 Å². The topological polar surface area (TPSA) is 44.8 Å². The molecule has 0 unspecified atom stereocenters. The predicted molar refractivity (Wildman–Crippen MR) is 85.7 cm³/mol. The van der Waals surface area contributed by atoms with Crippen molar-refractivity contribution in [3.8, 4) is 17.2 Å². The van der Waals surface area contributed by atoms with Gasteiger partial charge in [0.2, 0.25) is 5.75 Å². The minimum Gasteiger partial charge on any atom is -0.493 e. The Morgan fingerprint density at radius 1 is 1.00 bits per heavy atom. The van der Waals surface area contributed by atoms with E-state index in [1.807, 2.05) is 0 Å². The predicted octanol–water partition coefficient (Wildman–Crippen LogP) is 3.98. The molecule has 0 amide bonds. The summed E-state index contributed by atoms with van der Waals surface area (Å²) < 4.78 is 15.6. The van der Waals surface area contributed by atoms with E-state index in [0.717, 1.165) is 5.56 Å². The standard InChI is InChI=1S/C17H15ClO4/c1-20-14-4-3-5-15(21-2)17(14)22-16(19)11-8-12-6-9-13(18)10-7-12/h3-11H,1-2H3/b11-8+. The van der Waals surface area contributed by atoms with Gasteiger partial charge in [-0.1, -0.05) is 29.8 Å². The van der Waals surface area contributed by atoms with Crippen molar-refractivity contribution < 1.29 is 19.0 Å². The quantitative estimate of drug-likeness (QED) is 0.475. The number of benzene rings is 2. The smallest absolute Gasteiger partial charge is 0.336 e. The lowest BCUT2D eigenvalue weighted by atomic mass is 10.2. The Kier molecular flexibility index (Phi) is 5.44. The highest BCUT2D eigenvalue weighted by Gasteiger charge is 2.13. The van der Waals surface area contributed by atoms with Gasteiger partial charge in [0.05, 0.1) is 14.2 Å². The molecule has 114 valence electrons. The molecule has 0 fully saturated rings. The third kappa shape index (κ3) is 4.02. The summed E-state index contributed by atoms with van der Waals surface area (Å²) in [7, 11) is 2.99. The molecule has 0 aliphatic carbocycles. The van der Waals surface area contributed by atoms with E-state index in [9.17, 15) is 4.79 Å². The summed E-state index contributed by atoms with van der Waals surface area (Å²) in [5.41, 5.74) is 0.841. The summed E-state index contributed by atoms with van der Waals surface area (Å²) in [6.07, 6.45) is 2.97. The molecule has 0 bridgehead atoms. The van der Waals surface area contributed by atoms with Crippen molar-refractivity contribution in [2.45, 2.75) is 0 Å². The van der Waals surface area contributed by atoms with E-state index in [0.29, 0.717) is 16.5 Å². The molecule has 0 saturated heterocycles. The Bertz CT molecular complexity index is 655. The van der Waals surface area contributed by atoms with Crippen molar-refractivity contribution in [1.82, 2.24) is 0 Å². The number of methoxy groups -OCH3 is 2. The molecular formula is C17H15ClO4. The molecule has 2 aromatic carbocycles. The van der Waals surface area contributed by atoms with E-state index < -0.39 is 5.97 Å². The summed E-state index contributed by atoms with van der Waals surface area (Å²) in [6, 6.07) is 12.2. The molecule has 0 spiro atoms. The summed E-state index contributed by atoms with van der Waals surface area (Å²) in [5, 5.41) is 0.637. The van der Waals surface area contributed by atoms with Crippen molar-refractivity contribution in [2.75, 3.05) is 14.2 Å². The maximum Gasteiger partial charge on any atom is 0.336 e. The maximum atomic E-state index is 11.9. The first-order valence-corrected chi connectivity index (χ1v) is 6.88. The fourth-order valence-corrected chi connectivity index (χ4v) is 1.92. The molecule has 4 nitrogen and oxygen atoms in total. The number of ether oxygens (including phenoxy) is 3. The molecule has 22 heavy (non-hydrogen) atoms. The Morgan fingerprint density at radius 3 is 2.14 bits per heavy atom. The molecule has 0 heterocycles. The second-order valence-corrected chi connectivity index (χ2v) is 4.73. The van der Waals surface area contributed by atoms with Crippen LogP contribution in [0, 0.1) is 0 Å². The molecule has 0 atom stereocenters. The van der Waals surface area contributed by atoms with Gasteiger partial charge in [-0.3, -0.25) is 0 Å². The van der Waals surface area contributed by atoms with Gasteiger partial charge in [-0.25, -0.2) is 4.79 Å². The number of rotatable bonds is 5. The second-order valence-electron chi connectivity index (χ2n) is 4.30. The number of halogens is 1. The number of carbonyl (C=O) groups is 1. The Morgan fingerprint density at radius 2 is 1.59 bits per heavy atom. The average Bonchev–Trinajstić information content (AvgIpc) is 2.54. The van der Waals surface area contributed by atoms with Crippen LogP contribution < -0.4 is 14.2 Å². The van der Waals surface area contributed by atoms with Crippen LogP contribution in [0.2, 0.25) is 5.02 Å². The third-order valence-corrected chi connectivity index (χ3v) is 3.12. The van der Waals surface area contributed by atoms with Crippen molar-refractivity contribution in [1.29, 1.82) is 0 Å². The van der Waals surface area contributed by atoms with Crippen molar-refractivity contribution in [3.05, 3.63) is 59.1 Å². The van der Waals surface area contributed by atoms with Crippen molar-refractivity contribution in [3.63, 3.8) is 0 Å². The normalized spacial score (nSPS) is 10.5. The lowest BCUT2D eigenvalue weighted by molar-refractivity contribution is -0.129. The fourth-order valence-electron chi connectivity index (χ4n) is 1.79. The van der Waals surface area contributed by atoms with Gasteiger partial charge in [0.25, 0.3) is 0 Å². The minimum atomic E-state index is -0.530. The van der Waals surface area contributed by atoms with Gasteiger partial charge in [0.1, 0.15) is 0 Å². The maximum absolute atomic E-state index is 11.9. The summed E-state index contributed by atoms with van der Waals surface area (Å²) in [6.45, 7) is 0. The first-order chi connectivity index (χ1) is 10.6. The lowest BCUT2D eigenvalue weighted by Gasteiger charge is -2.11. The van der Waals surface area contributed by atoms with Crippen LogP contribution in [0.3, 0.4) is 0 Å². The highest BCUT2D eigenvalue weighted by Crippen LogP contribution is 2.36. The zero-order valence-electron chi connectivity index (χ0n) is 12.2. The van der Waals surface area contributed by atoms with Gasteiger partial charge >= 0.3 is 5.97 Å².